The molecule has 0 aromatic heterocycles. The lowest BCUT2D eigenvalue weighted by Gasteiger charge is -2.17. The quantitative estimate of drug-likeness (QED) is 0.591. The van der Waals surface area contributed by atoms with Crippen LogP contribution in [0.2, 0.25) is 0 Å². The molecule has 0 aliphatic rings. The van der Waals surface area contributed by atoms with Crippen molar-refractivity contribution in [3.05, 3.63) is 69.8 Å². The third kappa shape index (κ3) is 3.98. The molecule has 0 radical (unpaired) electrons. The van der Waals surface area contributed by atoms with E-state index in [1.165, 1.54) is 35.1 Å². The van der Waals surface area contributed by atoms with Crippen molar-refractivity contribution < 1.29 is 13.3 Å². The van der Waals surface area contributed by atoms with E-state index in [0.29, 0.717) is 5.92 Å². The van der Waals surface area contributed by atoms with Crippen LogP contribution in [0, 0.1) is 10.1 Å². The predicted octanol–water partition coefficient (Wildman–Crippen LogP) is 3.54. The molecule has 0 saturated heterocycles. The summed E-state index contributed by atoms with van der Waals surface area (Å²) in [4.78, 5) is 10.1. The first-order valence-corrected chi connectivity index (χ1v) is 8.95. The fourth-order valence-electron chi connectivity index (χ4n) is 2.29. The van der Waals surface area contributed by atoms with E-state index in [1.54, 1.807) is 0 Å². The van der Waals surface area contributed by atoms with Crippen LogP contribution in [0.15, 0.2) is 53.4 Å². The highest BCUT2D eigenvalue weighted by Crippen LogP contribution is 2.22. The minimum Gasteiger partial charge on any atom is -0.258 e. The van der Waals surface area contributed by atoms with Gasteiger partial charge >= 0.3 is 0 Å². The fraction of sp³-hybridized carbons (Fsp3) is 0.294. The first-order chi connectivity index (χ1) is 11.2. The van der Waals surface area contributed by atoms with Gasteiger partial charge in [-0.25, -0.2) is 8.42 Å². The molecule has 0 heterocycles. The van der Waals surface area contributed by atoms with Crippen molar-refractivity contribution in [1.82, 2.24) is 4.31 Å². The van der Waals surface area contributed by atoms with Gasteiger partial charge in [0.25, 0.3) is 5.69 Å². The topological polar surface area (TPSA) is 80.5 Å². The molecule has 0 bridgehead atoms. The maximum absolute atomic E-state index is 12.6. The number of nitro groups is 1. The minimum atomic E-state index is -3.79. The minimum absolute atomic E-state index is 0.0852. The maximum atomic E-state index is 12.6. The molecule has 128 valence electrons. The molecule has 7 heteroatoms. The Bertz CT molecular complexity index is 830. The highest BCUT2D eigenvalue weighted by molar-refractivity contribution is 7.89. The third-order valence-electron chi connectivity index (χ3n) is 3.79. The highest BCUT2D eigenvalue weighted by atomic mass is 32.2. The van der Waals surface area contributed by atoms with Gasteiger partial charge in [-0.1, -0.05) is 44.2 Å². The lowest BCUT2D eigenvalue weighted by molar-refractivity contribution is -0.385. The maximum Gasteiger partial charge on any atom is 0.270 e. The summed E-state index contributed by atoms with van der Waals surface area (Å²) in [7, 11) is -2.33. The molecule has 0 aliphatic carbocycles. The summed E-state index contributed by atoms with van der Waals surface area (Å²) in [6.07, 6.45) is 0. The van der Waals surface area contributed by atoms with E-state index >= 15 is 0 Å². The Kier molecular flexibility index (Phi) is 5.36. The summed E-state index contributed by atoms with van der Waals surface area (Å²) < 4.78 is 26.4. The summed E-state index contributed by atoms with van der Waals surface area (Å²) in [5, 5.41) is 10.8. The van der Waals surface area contributed by atoms with E-state index in [0.717, 1.165) is 11.6 Å². The molecule has 0 fully saturated rings. The molecular weight excluding hydrogens is 328 g/mol. The lowest BCUT2D eigenvalue weighted by atomic mass is 10.0. The van der Waals surface area contributed by atoms with Crippen LogP contribution in [0.5, 0.6) is 0 Å². The number of hydrogen-bond acceptors (Lipinski definition) is 4. The Morgan fingerprint density at radius 2 is 1.75 bits per heavy atom. The molecule has 0 aliphatic heterocycles. The van der Waals surface area contributed by atoms with Crippen molar-refractivity contribution in [2.24, 2.45) is 0 Å². The van der Waals surface area contributed by atoms with Crippen LogP contribution in [0.25, 0.3) is 0 Å². The van der Waals surface area contributed by atoms with Crippen molar-refractivity contribution in [2.75, 3.05) is 7.05 Å². The second-order valence-electron chi connectivity index (χ2n) is 5.91. The van der Waals surface area contributed by atoms with Crippen molar-refractivity contribution in [2.45, 2.75) is 31.2 Å². The number of sulfonamides is 1. The van der Waals surface area contributed by atoms with Crippen LogP contribution in [-0.4, -0.2) is 24.7 Å². The van der Waals surface area contributed by atoms with E-state index in [2.05, 4.69) is 13.8 Å². The van der Waals surface area contributed by atoms with Gasteiger partial charge in [0.1, 0.15) is 0 Å². The molecular formula is C17H20N2O4S. The zero-order chi connectivity index (χ0) is 17.9. The molecule has 0 saturated carbocycles. The lowest BCUT2D eigenvalue weighted by Crippen LogP contribution is -2.26. The van der Waals surface area contributed by atoms with Gasteiger partial charge in [0.05, 0.1) is 9.82 Å². The van der Waals surface area contributed by atoms with Gasteiger partial charge in [-0.3, -0.25) is 10.1 Å². The van der Waals surface area contributed by atoms with Gasteiger partial charge in [0.15, 0.2) is 0 Å². The number of nitro benzene ring substituents is 1. The number of non-ortho nitro benzene ring substituents is 1. The first kappa shape index (κ1) is 18.1. The van der Waals surface area contributed by atoms with Crippen LogP contribution >= 0.6 is 0 Å². The Balaban J connectivity index is 2.22. The Morgan fingerprint density at radius 1 is 1.12 bits per heavy atom. The highest BCUT2D eigenvalue weighted by Gasteiger charge is 2.23. The summed E-state index contributed by atoms with van der Waals surface area (Å²) in [5.41, 5.74) is 1.80. The van der Waals surface area contributed by atoms with Gasteiger partial charge in [-0.2, -0.15) is 4.31 Å². The van der Waals surface area contributed by atoms with Crippen LogP contribution in [0.3, 0.4) is 0 Å². The predicted molar refractivity (Wildman–Crippen MR) is 92.3 cm³/mol. The molecule has 24 heavy (non-hydrogen) atoms. The monoisotopic (exact) mass is 348 g/mol. The zero-order valence-electron chi connectivity index (χ0n) is 13.8. The van der Waals surface area contributed by atoms with E-state index in [4.69, 9.17) is 0 Å². The SMILES string of the molecule is CC(C)c1ccc(CN(C)S(=O)(=O)c2cccc([N+](=O)[O-])c2)cc1. The van der Waals surface area contributed by atoms with Gasteiger partial charge < -0.3 is 0 Å². The van der Waals surface area contributed by atoms with Gasteiger partial charge in [0, 0.05) is 25.7 Å². The number of benzene rings is 2. The molecule has 6 nitrogen and oxygen atoms in total. The van der Waals surface area contributed by atoms with Crippen molar-refractivity contribution in [3.63, 3.8) is 0 Å². The van der Waals surface area contributed by atoms with E-state index in [1.807, 2.05) is 24.3 Å². The van der Waals surface area contributed by atoms with E-state index < -0.39 is 14.9 Å². The smallest absolute Gasteiger partial charge is 0.258 e. The van der Waals surface area contributed by atoms with Crippen LogP contribution in [0.4, 0.5) is 5.69 Å². The summed E-state index contributed by atoms with van der Waals surface area (Å²) in [5.74, 6) is 0.408. The van der Waals surface area contributed by atoms with Crippen molar-refractivity contribution in [3.8, 4) is 0 Å². The Labute approximate surface area is 141 Å². The Morgan fingerprint density at radius 3 is 2.29 bits per heavy atom. The van der Waals surface area contributed by atoms with Crippen LogP contribution in [-0.2, 0) is 16.6 Å². The van der Waals surface area contributed by atoms with E-state index in [9.17, 15) is 18.5 Å². The normalized spacial score (nSPS) is 11.9. The van der Waals surface area contributed by atoms with Crippen LogP contribution in [0.1, 0.15) is 30.9 Å². The molecule has 2 aromatic rings. The number of nitrogens with zero attached hydrogens (tertiary/aromatic N) is 2. The summed E-state index contributed by atoms with van der Waals surface area (Å²) >= 11 is 0. The second-order valence-corrected chi connectivity index (χ2v) is 7.96. The standard InChI is InChI=1S/C17H20N2O4S/c1-13(2)15-9-7-14(8-10-15)12-18(3)24(22,23)17-6-4-5-16(11-17)19(20)21/h4-11,13H,12H2,1-3H3. The molecule has 0 atom stereocenters. The molecule has 2 aromatic carbocycles. The van der Waals surface area contributed by atoms with Gasteiger partial charge in [-0.15, -0.1) is 0 Å². The molecule has 0 N–H and O–H groups in total. The number of hydrogen-bond donors (Lipinski definition) is 0. The van der Waals surface area contributed by atoms with Crippen molar-refractivity contribution in [1.29, 1.82) is 0 Å². The van der Waals surface area contributed by atoms with E-state index in [-0.39, 0.29) is 17.1 Å². The summed E-state index contributed by atoms with van der Waals surface area (Å²) in [6.45, 7) is 4.38. The average molecular weight is 348 g/mol. The molecule has 2 rings (SSSR count). The molecule has 0 spiro atoms. The molecule has 0 unspecified atom stereocenters. The van der Waals surface area contributed by atoms with Crippen LogP contribution < -0.4 is 0 Å². The average Bonchev–Trinajstić information content (AvgIpc) is 2.55. The summed E-state index contributed by atoms with van der Waals surface area (Å²) in [6, 6.07) is 12.8. The second kappa shape index (κ2) is 7.11. The first-order valence-electron chi connectivity index (χ1n) is 7.51. The zero-order valence-corrected chi connectivity index (χ0v) is 14.7. The van der Waals surface area contributed by atoms with Gasteiger partial charge in [0.2, 0.25) is 10.0 Å². The third-order valence-corrected chi connectivity index (χ3v) is 5.59. The molecule has 0 amide bonds. The Hall–Kier alpha value is -2.25. The van der Waals surface area contributed by atoms with Gasteiger partial charge in [-0.05, 0) is 23.1 Å². The van der Waals surface area contributed by atoms with Crippen molar-refractivity contribution >= 4 is 15.7 Å². The largest absolute Gasteiger partial charge is 0.270 e. The number of rotatable bonds is 6. The fourth-order valence-corrected chi connectivity index (χ4v) is 3.49.